The molecule has 1 aliphatic rings. The molecule has 21 heavy (non-hydrogen) atoms. The second-order valence-corrected chi connectivity index (χ2v) is 5.86. The van der Waals surface area contributed by atoms with Gasteiger partial charge in [-0.05, 0) is 36.8 Å². The third-order valence-corrected chi connectivity index (χ3v) is 4.41. The number of amides is 1. The van der Waals surface area contributed by atoms with Gasteiger partial charge in [0.15, 0.2) is 0 Å². The number of hydrogen-bond donors (Lipinski definition) is 0. The molecule has 1 amide bonds. The number of carbonyl (C=O) groups excluding carboxylic acids is 2. The fourth-order valence-corrected chi connectivity index (χ4v) is 3.23. The number of rotatable bonds is 6. The van der Waals surface area contributed by atoms with Gasteiger partial charge in [0.2, 0.25) is 5.91 Å². The molecule has 0 bridgehead atoms. The van der Waals surface area contributed by atoms with Crippen LogP contribution in [0.4, 0.5) is 5.69 Å². The van der Waals surface area contributed by atoms with Gasteiger partial charge in [0, 0.05) is 12.1 Å². The van der Waals surface area contributed by atoms with Crippen LogP contribution < -0.4 is 4.90 Å². The first kappa shape index (κ1) is 15.7. The van der Waals surface area contributed by atoms with Crippen LogP contribution in [0.5, 0.6) is 0 Å². The molecule has 1 aromatic rings. The summed E-state index contributed by atoms with van der Waals surface area (Å²) < 4.78 is 0. The molecule has 0 aromatic heterocycles. The monoisotopic (exact) mass is 287 g/mol. The molecule has 0 radical (unpaired) electrons. The SMILES string of the molecule is CCc1ccccc1N(CC=O)C(=O)CC1CCCCC1. The third-order valence-electron chi connectivity index (χ3n) is 4.41. The molecule has 3 nitrogen and oxygen atoms in total. The number of aldehydes is 1. The van der Waals surface area contributed by atoms with E-state index in [1.54, 1.807) is 4.90 Å². The lowest BCUT2D eigenvalue weighted by Gasteiger charge is -2.27. The standard InChI is InChI=1S/C18H25NO2/c1-2-16-10-6-7-11-17(16)19(12-13-20)18(21)14-15-8-4-3-5-9-15/h6-7,10-11,13,15H,2-5,8-9,12,14H2,1H3. The van der Waals surface area contributed by atoms with Crippen molar-refractivity contribution in [3.63, 3.8) is 0 Å². The van der Waals surface area contributed by atoms with E-state index in [1.165, 1.54) is 19.3 Å². The summed E-state index contributed by atoms with van der Waals surface area (Å²) in [4.78, 5) is 25.3. The van der Waals surface area contributed by atoms with E-state index in [1.807, 2.05) is 24.3 Å². The number of nitrogens with zero attached hydrogens (tertiary/aromatic N) is 1. The van der Waals surface area contributed by atoms with Crippen LogP contribution in [-0.4, -0.2) is 18.7 Å². The molecular weight excluding hydrogens is 262 g/mol. The van der Waals surface area contributed by atoms with Gasteiger partial charge in [0.05, 0.1) is 6.54 Å². The van der Waals surface area contributed by atoms with Crippen LogP contribution in [0, 0.1) is 5.92 Å². The summed E-state index contributed by atoms with van der Waals surface area (Å²) in [5.74, 6) is 0.587. The Kier molecular flexibility index (Phi) is 5.97. The number of anilines is 1. The Morgan fingerprint density at radius 2 is 1.95 bits per heavy atom. The number of benzene rings is 1. The molecule has 0 unspecified atom stereocenters. The summed E-state index contributed by atoms with van der Waals surface area (Å²) in [6.07, 6.45) is 8.32. The van der Waals surface area contributed by atoms with Gasteiger partial charge in [0.25, 0.3) is 0 Å². The van der Waals surface area contributed by atoms with Gasteiger partial charge in [-0.3, -0.25) is 4.79 Å². The molecule has 0 saturated heterocycles. The highest BCUT2D eigenvalue weighted by Gasteiger charge is 2.22. The lowest BCUT2D eigenvalue weighted by atomic mass is 9.86. The van der Waals surface area contributed by atoms with Gasteiger partial charge in [-0.2, -0.15) is 0 Å². The fraction of sp³-hybridized carbons (Fsp3) is 0.556. The van der Waals surface area contributed by atoms with Crippen LogP contribution in [-0.2, 0) is 16.0 Å². The molecule has 0 aliphatic heterocycles. The van der Waals surface area contributed by atoms with Crippen molar-refractivity contribution in [2.24, 2.45) is 5.92 Å². The maximum absolute atomic E-state index is 12.6. The molecule has 0 N–H and O–H groups in total. The smallest absolute Gasteiger partial charge is 0.227 e. The number of carbonyl (C=O) groups is 2. The van der Waals surface area contributed by atoms with E-state index in [0.29, 0.717) is 12.3 Å². The van der Waals surface area contributed by atoms with Gasteiger partial charge < -0.3 is 9.69 Å². The Morgan fingerprint density at radius 1 is 1.24 bits per heavy atom. The van der Waals surface area contributed by atoms with E-state index in [-0.39, 0.29) is 12.5 Å². The highest BCUT2D eigenvalue weighted by molar-refractivity contribution is 5.96. The Labute approximate surface area is 127 Å². The van der Waals surface area contributed by atoms with Crippen molar-refractivity contribution in [1.82, 2.24) is 0 Å². The van der Waals surface area contributed by atoms with Crippen molar-refractivity contribution < 1.29 is 9.59 Å². The zero-order valence-electron chi connectivity index (χ0n) is 12.9. The maximum atomic E-state index is 12.6. The highest BCUT2D eigenvalue weighted by atomic mass is 16.2. The molecule has 0 heterocycles. The lowest BCUT2D eigenvalue weighted by Crippen LogP contribution is -2.34. The summed E-state index contributed by atoms with van der Waals surface area (Å²) in [5.41, 5.74) is 2.02. The molecule has 114 valence electrons. The predicted molar refractivity (Wildman–Crippen MR) is 85.4 cm³/mol. The van der Waals surface area contributed by atoms with Crippen molar-refractivity contribution in [3.8, 4) is 0 Å². The van der Waals surface area contributed by atoms with Gasteiger partial charge >= 0.3 is 0 Å². The van der Waals surface area contributed by atoms with E-state index < -0.39 is 0 Å². The van der Waals surface area contributed by atoms with Gasteiger partial charge in [0.1, 0.15) is 6.29 Å². The highest BCUT2D eigenvalue weighted by Crippen LogP contribution is 2.28. The number of para-hydroxylation sites is 1. The van der Waals surface area contributed by atoms with E-state index in [9.17, 15) is 9.59 Å². The van der Waals surface area contributed by atoms with Gasteiger partial charge in [-0.25, -0.2) is 0 Å². The first-order chi connectivity index (χ1) is 10.3. The van der Waals surface area contributed by atoms with Crippen LogP contribution in [0.1, 0.15) is 51.0 Å². The molecule has 2 rings (SSSR count). The topological polar surface area (TPSA) is 37.4 Å². The predicted octanol–water partition coefficient (Wildman–Crippen LogP) is 3.75. The van der Waals surface area contributed by atoms with Crippen LogP contribution in [0.3, 0.4) is 0 Å². The summed E-state index contributed by atoms with van der Waals surface area (Å²) in [6, 6.07) is 7.88. The lowest BCUT2D eigenvalue weighted by molar-refractivity contribution is -0.120. The van der Waals surface area contributed by atoms with Crippen molar-refractivity contribution >= 4 is 17.9 Å². The summed E-state index contributed by atoms with van der Waals surface area (Å²) in [6.45, 7) is 2.23. The first-order valence-corrected chi connectivity index (χ1v) is 8.08. The second kappa shape index (κ2) is 7.96. The van der Waals surface area contributed by atoms with Crippen LogP contribution >= 0.6 is 0 Å². The quantitative estimate of drug-likeness (QED) is 0.747. The van der Waals surface area contributed by atoms with Crippen molar-refractivity contribution in [3.05, 3.63) is 29.8 Å². The second-order valence-electron chi connectivity index (χ2n) is 5.86. The first-order valence-electron chi connectivity index (χ1n) is 8.08. The average molecular weight is 287 g/mol. The van der Waals surface area contributed by atoms with Crippen LogP contribution in [0.15, 0.2) is 24.3 Å². The Balaban J connectivity index is 2.13. The van der Waals surface area contributed by atoms with Gasteiger partial charge in [-0.1, -0.05) is 44.4 Å². The molecule has 1 aliphatic carbocycles. The zero-order valence-corrected chi connectivity index (χ0v) is 12.9. The Bertz CT molecular complexity index is 478. The normalized spacial score (nSPS) is 15.7. The minimum absolute atomic E-state index is 0.0925. The summed E-state index contributed by atoms with van der Waals surface area (Å²) in [7, 11) is 0. The molecule has 1 saturated carbocycles. The summed E-state index contributed by atoms with van der Waals surface area (Å²) >= 11 is 0. The van der Waals surface area contributed by atoms with Crippen molar-refractivity contribution in [2.75, 3.05) is 11.4 Å². The van der Waals surface area contributed by atoms with Crippen molar-refractivity contribution in [1.29, 1.82) is 0 Å². The molecule has 0 spiro atoms. The molecule has 1 fully saturated rings. The zero-order chi connectivity index (χ0) is 15.1. The molecular formula is C18H25NO2. The molecule has 3 heteroatoms. The van der Waals surface area contributed by atoms with E-state index >= 15 is 0 Å². The van der Waals surface area contributed by atoms with E-state index in [0.717, 1.165) is 36.8 Å². The maximum Gasteiger partial charge on any atom is 0.227 e. The number of aryl methyl sites for hydroxylation is 1. The summed E-state index contributed by atoms with van der Waals surface area (Å²) in [5, 5.41) is 0. The van der Waals surface area contributed by atoms with Crippen molar-refractivity contribution in [2.45, 2.75) is 51.9 Å². The Hall–Kier alpha value is -1.64. The average Bonchev–Trinajstić information content (AvgIpc) is 2.53. The van der Waals surface area contributed by atoms with E-state index in [2.05, 4.69) is 6.92 Å². The van der Waals surface area contributed by atoms with E-state index in [4.69, 9.17) is 0 Å². The third kappa shape index (κ3) is 4.16. The number of hydrogen-bond acceptors (Lipinski definition) is 2. The fourth-order valence-electron chi connectivity index (χ4n) is 3.23. The molecule has 0 atom stereocenters. The minimum Gasteiger partial charge on any atom is -0.305 e. The van der Waals surface area contributed by atoms with Crippen LogP contribution in [0.2, 0.25) is 0 Å². The molecule has 1 aromatic carbocycles. The minimum atomic E-state index is 0.0925. The van der Waals surface area contributed by atoms with Crippen LogP contribution in [0.25, 0.3) is 0 Å². The van der Waals surface area contributed by atoms with Gasteiger partial charge in [-0.15, -0.1) is 0 Å². The Morgan fingerprint density at radius 3 is 2.62 bits per heavy atom. The largest absolute Gasteiger partial charge is 0.305 e.